The molecule has 0 bridgehead atoms. The number of halogens is 5. The van der Waals surface area contributed by atoms with E-state index in [9.17, 15) is 27.2 Å². The molecule has 0 saturated heterocycles. The molecule has 0 aromatic heterocycles. The van der Waals surface area contributed by atoms with Gasteiger partial charge in [-0.2, -0.15) is 8.78 Å². The van der Waals surface area contributed by atoms with Crippen molar-refractivity contribution in [1.82, 2.24) is 5.32 Å². The van der Waals surface area contributed by atoms with Crippen LogP contribution in [0.1, 0.15) is 19.8 Å². The number of Topliss-reactive ketones (excluding diaryl/α,β-unsaturated/α-hetero) is 1. The van der Waals surface area contributed by atoms with Gasteiger partial charge in [-0.05, 0) is 6.42 Å². The van der Waals surface area contributed by atoms with Crippen molar-refractivity contribution in [1.29, 1.82) is 0 Å². The highest BCUT2D eigenvalue weighted by Gasteiger charge is 2.48. The maximum Gasteiger partial charge on any atom is 0.383 e. The lowest BCUT2D eigenvalue weighted by Gasteiger charge is -2.18. The summed E-state index contributed by atoms with van der Waals surface area (Å²) in [6, 6.07) is 0. The number of rotatable bonds is 8. The summed E-state index contributed by atoms with van der Waals surface area (Å²) < 4.78 is 48.9. The molecule has 0 rings (SSSR count). The molecule has 0 heterocycles. The Morgan fingerprint density at radius 1 is 1.33 bits per heavy atom. The van der Waals surface area contributed by atoms with Crippen LogP contribution < -0.4 is 5.32 Å². The highest BCUT2D eigenvalue weighted by Crippen LogP contribution is 2.22. The molecule has 1 N–H and O–H groups in total. The lowest BCUT2D eigenvalue weighted by atomic mass is 9.99. The zero-order valence-corrected chi connectivity index (χ0v) is 10.4. The van der Waals surface area contributed by atoms with Gasteiger partial charge in [-0.1, -0.05) is 13.3 Å². The standard InChI is InChI=1S/C10H14ClF4NO2/c1-2-3-6(7(17)4-11)5-16-9(18)10(14,15)8(12)13/h6,8H,2-5H2,1H3,(H,16,18). The van der Waals surface area contributed by atoms with Crippen LogP contribution in [0.15, 0.2) is 0 Å². The molecule has 0 aromatic rings. The van der Waals surface area contributed by atoms with E-state index in [-0.39, 0.29) is 5.88 Å². The van der Waals surface area contributed by atoms with Crippen LogP contribution in [0.25, 0.3) is 0 Å². The van der Waals surface area contributed by atoms with Crippen molar-refractivity contribution in [2.24, 2.45) is 5.92 Å². The fraction of sp³-hybridized carbons (Fsp3) is 0.800. The number of ketones is 1. The first-order valence-electron chi connectivity index (χ1n) is 5.30. The summed E-state index contributed by atoms with van der Waals surface area (Å²) in [6.07, 6.45) is -3.16. The molecule has 1 unspecified atom stereocenters. The SMILES string of the molecule is CCCC(CNC(=O)C(F)(F)C(F)F)C(=O)CCl. The van der Waals surface area contributed by atoms with Crippen LogP contribution in [0.2, 0.25) is 0 Å². The van der Waals surface area contributed by atoms with Crippen molar-refractivity contribution >= 4 is 23.3 Å². The molecule has 106 valence electrons. The predicted molar refractivity (Wildman–Crippen MR) is 58.1 cm³/mol. The highest BCUT2D eigenvalue weighted by molar-refractivity contribution is 6.27. The van der Waals surface area contributed by atoms with E-state index in [1.807, 2.05) is 0 Å². The zero-order valence-electron chi connectivity index (χ0n) is 9.69. The molecule has 0 radical (unpaired) electrons. The second-order valence-electron chi connectivity index (χ2n) is 3.72. The van der Waals surface area contributed by atoms with Crippen molar-refractivity contribution < 1.29 is 27.2 Å². The molecule has 8 heteroatoms. The van der Waals surface area contributed by atoms with Gasteiger partial charge in [0.1, 0.15) is 0 Å². The normalized spacial score (nSPS) is 13.5. The third-order valence-electron chi connectivity index (χ3n) is 2.31. The molecule has 0 aliphatic rings. The molecule has 1 atom stereocenters. The monoisotopic (exact) mass is 291 g/mol. The average molecular weight is 292 g/mol. The Kier molecular flexibility index (Phi) is 7.20. The Morgan fingerprint density at radius 3 is 2.28 bits per heavy atom. The minimum atomic E-state index is -4.75. The van der Waals surface area contributed by atoms with Gasteiger partial charge in [0, 0.05) is 12.5 Å². The van der Waals surface area contributed by atoms with Crippen LogP contribution in [0.3, 0.4) is 0 Å². The van der Waals surface area contributed by atoms with Gasteiger partial charge < -0.3 is 5.32 Å². The largest absolute Gasteiger partial charge is 0.383 e. The second-order valence-corrected chi connectivity index (χ2v) is 3.99. The first-order chi connectivity index (χ1) is 8.27. The summed E-state index contributed by atoms with van der Waals surface area (Å²) in [5, 5.41) is 1.66. The first kappa shape index (κ1) is 17.2. The predicted octanol–water partition coefficient (Wildman–Crippen LogP) is 2.23. The zero-order chi connectivity index (χ0) is 14.3. The van der Waals surface area contributed by atoms with Crippen molar-refractivity contribution in [2.45, 2.75) is 32.1 Å². The van der Waals surface area contributed by atoms with E-state index in [1.165, 1.54) is 0 Å². The van der Waals surface area contributed by atoms with Crippen molar-refractivity contribution in [3.05, 3.63) is 0 Å². The van der Waals surface area contributed by atoms with E-state index in [4.69, 9.17) is 11.6 Å². The molecule has 0 aliphatic carbocycles. The topological polar surface area (TPSA) is 46.2 Å². The maximum atomic E-state index is 12.6. The van der Waals surface area contributed by atoms with Crippen LogP contribution in [-0.2, 0) is 9.59 Å². The van der Waals surface area contributed by atoms with E-state index in [1.54, 1.807) is 12.2 Å². The first-order valence-corrected chi connectivity index (χ1v) is 5.83. The van der Waals surface area contributed by atoms with Gasteiger partial charge in [-0.15, -0.1) is 11.6 Å². The van der Waals surface area contributed by atoms with Crippen LogP contribution in [0.4, 0.5) is 17.6 Å². The number of hydrogen-bond donors (Lipinski definition) is 1. The van der Waals surface area contributed by atoms with Gasteiger partial charge >= 0.3 is 12.3 Å². The summed E-state index contributed by atoms with van der Waals surface area (Å²) in [6.45, 7) is 1.34. The van der Waals surface area contributed by atoms with Gasteiger partial charge in [0.05, 0.1) is 5.88 Å². The lowest BCUT2D eigenvalue weighted by molar-refractivity contribution is -0.169. The Morgan fingerprint density at radius 2 is 1.89 bits per heavy atom. The molecule has 0 aromatic carbocycles. The van der Waals surface area contributed by atoms with Crippen molar-refractivity contribution in [3.63, 3.8) is 0 Å². The summed E-state index contributed by atoms with van der Waals surface area (Å²) in [4.78, 5) is 22.1. The quantitative estimate of drug-likeness (QED) is 0.551. The maximum absolute atomic E-state index is 12.6. The Balaban J connectivity index is 4.44. The third-order valence-corrected chi connectivity index (χ3v) is 2.57. The van der Waals surface area contributed by atoms with Crippen molar-refractivity contribution in [2.75, 3.05) is 12.4 Å². The molecule has 0 aliphatic heterocycles. The molecule has 0 spiro atoms. The molecule has 0 fully saturated rings. The van der Waals surface area contributed by atoms with Crippen LogP contribution in [-0.4, -0.2) is 36.5 Å². The molecule has 0 saturated carbocycles. The molecule has 18 heavy (non-hydrogen) atoms. The summed E-state index contributed by atoms with van der Waals surface area (Å²) in [5.74, 6) is -8.29. The lowest BCUT2D eigenvalue weighted by Crippen LogP contribution is -2.47. The van der Waals surface area contributed by atoms with Gasteiger partial charge in [-0.3, -0.25) is 9.59 Å². The van der Waals surface area contributed by atoms with E-state index < -0.39 is 36.5 Å². The van der Waals surface area contributed by atoms with Crippen molar-refractivity contribution in [3.8, 4) is 0 Å². The fourth-order valence-corrected chi connectivity index (χ4v) is 1.49. The van der Waals surface area contributed by atoms with Gasteiger partial charge in [0.2, 0.25) is 0 Å². The van der Waals surface area contributed by atoms with Gasteiger partial charge in [0.15, 0.2) is 5.78 Å². The Hall–Kier alpha value is -0.850. The Bertz CT molecular complexity index is 300. The molecular weight excluding hydrogens is 278 g/mol. The summed E-state index contributed by atoms with van der Waals surface area (Å²) in [7, 11) is 0. The van der Waals surface area contributed by atoms with E-state index in [0.29, 0.717) is 12.8 Å². The van der Waals surface area contributed by atoms with Crippen LogP contribution in [0.5, 0.6) is 0 Å². The number of nitrogens with one attached hydrogen (secondary N) is 1. The van der Waals surface area contributed by atoms with E-state index in [2.05, 4.69) is 0 Å². The summed E-state index contributed by atoms with van der Waals surface area (Å²) in [5.41, 5.74) is 0. The Labute approximate surface area is 107 Å². The minimum Gasteiger partial charge on any atom is -0.350 e. The number of hydrogen-bond acceptors (Lipinski definition) is 2. The second kappa shape index (κ2) is 7.56. The average Bonchev–Trinajstić information content (AvgIpc) is 2.32. The third kappa shape index (κ3) is 4.80. The number of carbonyl (C=O) groups is 2. The highest BCUT2D eigenvalue weighted by atomic mass is 35.5. The number of amides is 1. The molecule has 3 nitrogen and oxygen atoms in total. The minimum absolute atomic E-state index is 0.314. The molecule has 1 amide bonds. The van der Waals surface area contributed by atoms with Crippen LogP contribution in [0, 0.1) is 5.92 Å². The summed E-state index contributed by atoms with van der Waals surface area (Å²) >= 11 is 5.31. The smallest absolute Gasteiger partial charge is 0.350 e. The molecular formula is C10H14ClF4NO2. The number of alkyl halides is 5. The van der Waals surface area contributed by atoms with Gasteiger partial charge in [0.25, 0.3) is 5.91 Å². The van der Waals surface area contributed by atoms with Gasteiger partial charge in [-0.25, -0.2) is 8.78 Å². The van der Waals surface area contributed by atoms with E-state index >= 15 is 0 Å². The van der Waals surface area contributed by atoms with E-state index in [0.717, 1.165) is 0 Å². The fourth-order valence-electron chi connectivity index (χ4n) is 1.27. The van der Waals surface area contributed by atoms with Crippen LogP contribution >= 0.6 is 11.6 Å². The number of carbonyl (C=O) groups excluding carboxylic acids is 2.